The van der Waals surface area contributed by atoms with Crippen LogP contribution in [0.1, 0.15) is 24.4 Å². The number of nitrogens with one attached hydrogen (secondary N) is 1. The van der Waals surface area contributed by atoms with Crippen LogP contribution >= 0.6 is 0 Å². The molecule has 0 aliphatic rings. The summed E-state index contributed by atoms with van der Waals surface area (Å²) < 4.78 is 28.6. The predicted octanol–water partition coefficient (Wildman–Crippen LogP) is 1.94. The van der Waals surface area contributed by atoms with Crippen molar-refractivity contribution in [3.63, 3.8) is 0 Å². The smallest absolute Gasteiger partial charge is 0.164 e. The maximum atomic E-state index is 13.5. The molecule has 4 nitrogen and oxygen atoms in total. The van der Waals surface area contributed by atoms with E-state index >= 15 is 0 Å². The van der Waals surface area contributed by atoms with Crippen LogP contribution in [0.25, 0.3) is 0 Å². The molecule has 1 aromatic carbocycles. The highest BCUT2D eigenvalue weighted by atomic mass is 19.1. The average molecular weight is 252 g/mol. The third-order valence-corrected chi connectivity index (χ3v) is 2.65. The molecule has 0 saturated heterocycles. The number of aryl methyl sites for hydroxylation is 1. The monoisotopic (exact) mass is 252 g/mol. The molecule has 18 heavy (non-hydrogen) atoms. The van der Waals surface area contributed by atoms with Crippen molar-refractivity contribution in [1.29, 1.82) is 0 Å². The topological polar surface area (TPSA) is 42.7 Å². The van der Waals surface area contributed by atoms with E-state index in [0.29, 0.717) is 12.4 Å². The van der Waals surface area contributed by atoms with Crippen LogP contribution in [-0.2, 0) is 13.6 Å². The largest absolute Gasteiger partial charge is 0.303 e. The summed E-state index contributed by atoms with van der Waals surface area (Å²) >= 11 is 0. The van der Waals surface area contributed by atoms with Gasteiger partial charge >= 0.3 is 0 Å². The Bertz CT molecular complexity index is 518. The first-order chi connectivity index (χ1) is 8.58. The van der Waals surface area contributed by atoms with Crippen LogP contribution in [0.2, 0.25) is 0 Å². The van der Waals surface area contributed by atoms with E-state index < -0.39 is 17.7 Å². The molecule has 0 radical (unpaired) electrons. The SMILES string of the molecule is CC(NCc1ncn(C)n1)c1c(F)cccc1F. The molecule has 6 heteroatoms. The van der Waals surface area contributed by atoms with Crippen LogP contribution in [-0.4, -0.2) is 14.8 Å². The fourth-order valence-electron chi connectivity index (χ4n) is 1.74. The van der Waals surface area contributed by atoms with Crippen molar-refractivity contribution in [3.05, 3.63) is 47.5 Å². The maximum Gasteiger partial charge on any atom is 0.164 e. The fraction of sp³-hybridized carbons (Fsp3) is 0.333. The molecule has 1 aromatic heterocycles. The Morgan fingerprint density at radius 3 is 2.56 bits per heavy atom. The number of aromatic nitrogens is 3. The third-order valence-electron chi connectivity index (χ3n) is 2.65. The lowest BCUT2D eigenvalue weighted by atomic mass is 10.1. The second-order valence-electron chi connectivity index (χ2n) is 4.07. The molecule has 0 aliphatic carbocycles. The van der Waals surface area contributed by atoms with Crippen molar-refractivity contribution in [2.75, 3.05) is 0 Å². The van der Waals surface area contributed by atoms with Gasteiger partial charge in [0.05, 0.1) is 6.54 Å². The lowest BCUT2D eigenvalue weighted by molar-refractivity contribution is 0.482. The van der Waals surface area contributed by atoms with Gasteiger partial charge in [0.1, 0.15) is 18.0 Å². The van der Waals surface area contributed by atoms with E-state index in [1.165, 1.54) is 18.2 Å². The van der Waals surface area contributed by atoms with Gasteiger partial charge < -0.3 is 5.32 Å². The minimum atomic E-state index is -0.552. The van der Waals surface area contributed by atoms with E-state index in [9.17, 15) is 8.78 Å². The summed E-state index contributed by atoms with van der Waals surface area (Å²) in [5.74, 6) is -0.519. The van der Waals surface area contributed by atoms with Gasteiger partial charge in [0.15, 0.2) is 5.82 Å². The zero-order valence-corrected chi connectivity index (χ0v) is 10.2. The number of hydrogen-bond donors (Lipinski definition) is 1. The zero-order chi connectivity index (χ0) is 13.1. The molecular formula is C12H14F2N4. The minimum absolute atomic E-state index is 0.0356. The number of rotatable bonds is 4. The van der Waals surface area contributed by atoms with E-state index in [0.717, 1.165) is 0 Å². The highest BCUT2D eigenvalue weighted by Crippen LogP contribution is 2.20. The maximum absolute atomic E-state index is 13.5. The Morgan fingerprint density at radius 1 is 1.33 bits per heavy atom. The molecule has 0 amide bonds. The first-order valence-corrected chi connectivity index (χ1v) is 5.59. The molecule has 1 atom stereocenters. The highest BCUT2D eigenvalue weighted by Gasteiger charge is 2.15. The van der Waals surface area contributed by atoms with Gasteiger partial charge in [0.2, 0.25) is 0 Å². The Labute approximate surface area is 104 Å². The average Bonchev–Trinajstić information content (AvgIpc) is 2.72. The van der Waals surface area contributed by atoms with Crippen LogP contribution in [0.4, 0.5) is 8.78 Å². The zero-order valence-electron chi connectivity index (χ0n) is 10.2. The molecule has 2 rings (SSSR count). The number of nitrogens with zero attached hydrogens (tertiary/aromatic N) is 3. The quantitative estimate of drug-likeness (QED) is 0.904. The molecule has 1 heterocycles. The number of hydrogen-bond acceptors (Lipinski definition) is 3. The highest BCUT2D eigenvalue weighted by molar-refractivity contribution is 5.22. The first kappa shape index (κ1) is 12.6. The summed E-state index contributed by atoms with van der Waals surface area (Å²) in [5.41, 5.74) is 0.0356. The van der Waals surface area contributed by atoms with Crippen molar-refractivity contribution >= 4 is 0 Å². The van der Waals surface area contributed by atoms with Crippen LogP contribution in [0, 0.1) is 11.6 Å². The van der Waals surface area contributed by atoms with E-state index in [1.54, 1.807) is 25.0 Å². The van der Waals surface area contributed by atoms with Gasteiger partial charge in [-0.25, -0.2) is 13.8 Å². The molecule has 2 aromatic rings. The Morgan fingerprint density at radius 2 is 2.00 bits per heavy atom. The second-order valence-corrected chi connectivity index (χ2v) is 4.07. The molecule has 0 spiro atoms. The van der Waals surface area contributed by atoms with Crippen LogP contribution in [0.3, 0.4) is 0 Å². The number of benzene rings is 1. The van der Waals surface area contributed by atoms with E-state index in [-0.39, 0.29) is 5.56 Å². The third kappa shape index (κ3) is 2.70. The summed E-state index contributed by atoms with van der Waals surface area (Å²) in [6, 6.07) is 3.39. The molecule has 0 bridgehead atoms. The molecule has 1 N–H and O–H groups in total. The molecule has 96 valence electrons. The normalized spacial score (nSPS) is 12.7. The van der Waals surface area contributed by atoms with Gasteiger partial charge in [-0.3, -0.25) is 4.68 Å². The van der Waals surface area contributed by atoms with Gasteiger partial charge in [-0.1, -0.05) is 6.07 Å². The fourth-order valence-corrected chi connectivity index (χ4v) is 1.74. The minimum Gasteiger partial charge on any atom is -0.303 e. The Balaban J connectivity index is 2.06. The molecule has 1 unspecified atom stereocenters. The summed E-state index contributed by atoms with van der Waals surface area (Å²) in [7, 11) is 1.76. The molecular weight excluding hydrogens is 238 g/mol. The summed E-state index contributed by atoms with van der Waals surface area (Å²) in [6.45, 7) is 2.06. The van der Waals surface area contributed by atoms with Gasteiger partial charge in [0.25, 0.3) is 0 Å². The predicted molar refractivity (Wildman–Crippen MR) is 62.6 cm³/mol. The Kier molecular flexibility index (Phi) is 3.66. The van der Waals surface area contributed by atoms with Crippen LogP contribution < -0.4 is 5.32 Å². The first-order valence-electron chi connectivity index (χ1n) is 5.59. The van der Waals surface area contributed by atoms with Crippen LogP contribution in [0.5, 0.6) is 0 Å². The van der Waals surface area contributed by atoms with E-state index in [2.05, 4.69) is 15.4 Å². The van der Waals surface area contributed by atoms with Crippen molar-refractivity contribution in [3.8, 4) is 0 Å². The lowest BCUT2D eigenvalue weighted by Gasteiger charge is -2.14. The Hall–Kier alpha value is -1.82. The second kappa shape index (κ2) is 5.22. The van der Waals surface area contributed by atoms with Gasteiger partial charge in [-0.2, -0.15) is 5.10 Å². The van der Waals surface area contributed by atoms with Crippen molar-refractivity contribution in [2.24, 2.45) is 7.05 Å². The molecule has 0 fully saturated rings. The van der Waals surface area contributed by atoms with E-state index in [4.69, 9.17) is 0 Å². The summed E-state index contributed by atoms with van der Waals surface area (Å²) in [4.78, 5) is 4.03. The van der Waals surface area contributed by atoms with E-state index in [1.807, 2.05) is 0 Å². The van der Waals surface area contributed by atoms with Gasteiger partial charge in [-0.05, 0) is 19.1 Å². The standard InChI is InChI=1S/C12H14F2N4/c1-8(12-9(13)4-3-5-10(12)14)15-6-11-16-7-18(2)17-11/h3-5,7-8,15H,6H2,1-2H3. The lowest BCUT2D eigenvalue weighted by Crippen LogP contribution is -2.21. The van der Waals surface area contributed by atoms with Crippen molar-refractivity contribution in [1.82, 2.24) is 20.1 Å². The van der Waals surface area contributed by atoms with Crippen LogP contribution in [0.15, 0.2) is 24.5 Å². The van der Waals surface area contributed by atoms with Crippen molar-refractivity contribution in [2.45, 2.75) is 19.5 Å². The molecule has 0 saturated carbocycles. The van der Waals surface area contributed by atoms with Gasteiger partial charge in [0, 0.05) is 18.7 Å². The van der Waals surface area contributed by atoms with Gasteiger partial charge in [-0.15, -0.1) is 0 Å². The summed E-state index contributed by atoms with van der Waals surface area (Å²) in [5, 5.41) is 7.07. The van der Waals surface area contributed by atoms with Crippen molar-refractivity contribution < 1.29 is 8.78 Å². The summed E-state index contributed by atoms with van der Waals surface area (Å²) in [6.07, 6.45) is 1.57. The number of halogens is 2. The molecule has 0 aliphatic heterocycles.